The molecule has 3 aromatic heterocycles. The summed E-state index contributed by atoms with van der Waals surface area (Å²) in [5.41, 5.74) is 6.63. The Labute approximate surface area is 124 Å². The molecule has 0 atom stereocenters. The first-order valence-electron chi connectivity index (χ1n) is 6.33. The van der Waals surface area contributed by atoms with Crippen molar-refractivity contribution in [2.24, 2.45) is 0 Å². The molecule has 0 unspecified atom stereocenters. The van der Waals surface area contributed by atoms with E-state index in [4.69, 9.17) is 10.3 Å². The topological polar surface area (TPSA) is 77.8 Å². The highest BCUT2D eigenvalue weighted by atomic mass is 32.1. The van der Waals surface area contributed by atoms with Crippen molar-refractivity contribution in [2.45, 2.75) is 25.7 Å². The van der Waals surface area contributed by atoms with Gasteiger partial charge < -0.3 is 10.3 Å². The summed E-state index contributed by atoms with van der Waals surface area (Å²) in [7, 11) is 0. The Morgan fingerprint density at radius 1 is 1.20 bits per heavy atom. The normalized spacial score (nSPS) is 11.0. The number of hydrogen-bond acceptors (Lipinski definition) is 7. The summed E-state index contributed by atoms with van der Waals surface area (Å²) in [6.45, 7) is 0. The number of hydrogen-bond donors (Lipinski definition) is 1. The lowest BCUT2D eigenvalue weighted by molar-refractivity contribution is 0.371. The number of thiophene rings is 1. The molecule has 20 heavy (non-hydrogen) atoms. The van der Waals surface area contributed by atoms with E-state index in [1.54, 1.807) is 11.3 Å². The lowest BCUT2D eigenvalue weighted by Crippen LogP contribution is -1.93. The van der Waals surface area contributed by atoms with E-state index in [9.17, 15) is 0 Å². The van der Waals surface area contributed by atoms with E-state index >= 15 is 0 Å². The van der Waals surface area contributed by atoms with Crippen LogP contribution in [0.2, 0.25) is 0 Å². The quantitative estimate of drug-likeness (QED) is 0.757. The molecule has 0 saturated carbocycles. The minimum Gasteiger partial charge on any atom is -0.375 e. The lowest BCUT2D eigenvalue weighted by atomic mass is 10.2. The van der Waals surface area contributed by atoms with Gasteiger partial charge in [0.15, 0.2) is 11.0 Å². The van der Waals surface area contributed by atoms with Crippen molar-refractivity contribution in [1.29, 1.82) is 0 Å². The van der Waals surface area contributed by atoms with E-state index in [-0.39, 0.29) is 0 Å². The van der Waals surface area contributed by atoms with Crippen LogP contribution < -0.4 is 5.73 Å². The zero-order valence-corrected chi connectivity index (χ0v) is 12.4. The van der Waals surface area contributed by atoms with Crippen LogP contribution in [0.25, 0.3) is 0 Å². The van der Waals surface area contributed by atoms with Gasteiger partial charge in [-0.15, -0.1) is 22.7 Å². The van der Waals surface area contributed by atoms with Crippen molar-refractivity contribution in [3.63, 3.8) is 0 Å². The van der Waals surface area contributed by atoms with Gasteiger partial charge in [-0.05, 0) is 24.3 Å². The second-order valence-electron chi connectivity index (χ2n) is 4.39. The lowest BCUT2D eigenvalue weighted by Gasteiger charge is -1.93. The Hall–Kier alpha value is -1.73. The van der Waals surface area contributed by atoms with Gasteiger partial charge in [-0.2, -0.15) is 4.98 Å². The number of thiazole rings is 1. The first-order chi connectivity index (χ1) is 9.79. The summed E-state index contributed by atoms with van der Waals surface area (Å²) in [4.78, 5) is 9.88. The van der Waals surface area contributed by atoms with Crippen LogP contribution in [0.1, 0.15) is 28.7 Å². The van der Waals surface area contributed by atoms with Crippen LogP contribution in [-0.2, 0) is 19.3 Å². The molecule has 3 heterocycles. The number of nitrogens with two attached hydrogens (primary N) is 1. The molecule has 7 heteroatoms. The van der Waals surface area contributed by atoms with Crippen molar-refractivity contribution >= 4 is 27.8 Å². The van der Waals surface area contributed by atoms with Crippen LogP contribution in [0.5, 0.6) is 0 Å². The highest BCUT2D eigenvalue weighted by Gasteiger charge is 2.08. The number of rotatable bonds is 6. The number of aromatic nitrogens is 3. The number of nitrogens with zero attached hydrogens (tertiary/aromatic N) is 3. The number of aryl methyl sites for hydroxylation is 2. The van der Waals surface area contributed by atoms with Crippen LogP contribution in [0.4, 0.5) is 5.13 Å². The first-order valence-corrected chi connectivity index (χ1v) is 8.09. The summed E-state index contributed by atoms with van der Waals surface area (Å²) >= 11 is 3.18. The van der Waals surface area contributed by atoms with E-state index in [1.807, 2.05) is 11.4 Å². The Bertz CT molecular complexity index is 660. The molecule has 0 aliphatic heterocycles. The van der Waals surface area contributed by atoms with Crippen molar-refractivity contribution in [2.75, 3.05) is 5.73 Å². The Morgan fingerprint density at radius 3 is 2.90 bits per heavy atom. The third kappa shape index (κ3) is 3.43. The average molecular weight is 306 g/mol. The van der Waals surface area contributed by atoms with Gasteiger partial charge in [0.05, 0.1) is 5.69 Å². The van der Waals surface area contributed by atoms with Gasteiger partial charge in [-0.1, -0.05) is 11.2 Å². The molecule has 0 bridgehead atoms. The van der Waals surface area contributed by atoms with E-state index in [0.29, 0.717) is 11.0 Å². The molecular weight excluding hydrogens is 292 g/mol. The Morgan fingerprint density at radius 2 is 2.15 bits per heavy atom. The van der Waals surface area contributed by atoms with Gasteiger partial charge in [-0.25, -0.2) is 4.98 Å². The van der Waals surface area contributed by atoms with Crippen molar-refractivity contribution in [1.82, 2.24) is 15.1 Å². The predicted molar refractivity (Wildman–Crippen MR) is 80.0 cm³/mol. The maximum Gasteiger partial charge on any atom is 0.226 e. The van der Waals surface area contributed by atoms with E-state index in [0.717, 1.165) is 37.2 Å². The molecule has 0 aromatic carbocycles. The maximum atomic E-state index is 5.60. The van der Waals surface area contributed by atoms with E-state index < -0.39 is 0 Å². The molecule has 0 aliphatic rings. The Kier molecular flexibility index (Phi) is 4.08. The summed E-state index contributed by atoms with van der Waals surface area (Å²) in [5.74, 6) is 1.44. The highest BCUT2D eigenvalue weighted by Crippen LogP contribution is 2.15. The summed E-state index contributed by atoms with van der Waals surface area (Å²) < 4.78 is 5.26. The monoisotopic (exact) mass is 306 g/mol. The third-order valence-electron chi connectivity index (χ3n) is 2.82. The van der Waals surface area contributed by atoms with Crippen molar-refractivity contribution in [3.8, 4) is 0 Å². The van der Waals surface area contributed by atoms with Gasteiger partial charge in [0.2, 0.25) is 5.89 Å². The molecule has 0 fully saturated rings. The van der Waals surface area contributed by atoms with Gasteiger partial charge in [-0.3, -0.25) is 0 Å². The first kappa shape index (κ1) is 13.3. The molecule has 5 nitrogen and oxygen atoms in total. The van der Waals surface area contributed by atoms with Gasteiger partial charge in [0.1, 0.15) is 0 Å². The average Bonchev–Trinajstić information content (AvgIpc) is 3.14. The van der Waals surface area contributed by atoms with E-state index in [2.05, 4.69) is 26.6 Å². The van der Waals surface area contributed by atoms with Crippen LogP contribution in [0.3, 0.4) is 0 Å². The third-order valence-corrected chi connectivity index (χ3v) is 4.41. The summed E-state index contributed by atoms with van der Waals surface area (Å²) in [6, 6.07) is 4.11. The molecule has 3 aromatic rings. The number of anilines is 1. The highest BCUT2D eigenvalue weighted by molar-refractivity contribution is 7.13. The predicted octanol–water partition coefficient (Wildman–Crippen LogP) is 2.94. The summed E-state index contributed by atoms with van der Waals surface area (Å²) in [5, 5.41) is 8.67. The van der Waals surface area contributed by atoms with Gasteiger partial charge in [0.25, 0.3) is 0 Å². The molecule has 104 valence electrons. The largest absolute Gasteiger partial charge is 0.375 e. The molecule has 0 radical (unpaired) electrons. The zero-order chi connectivity index (χ0) is 13.8. The van der Waals surface area contributed by atoms with Crippen LogP contribution in [0.15, 0.2) is 27.4 Å². The minimum absolute atomic E-state index is 0.621. The minimum atomic E-state index is 0.621. The Balaban J connectivity index is 1.50. The SMILES string of the molecule is Nc1nc(CCCc2nc(Cc3cccs3)no2)cs1. The fourth-order valence-electron chi connectivity index (χ4n) is 1.89. The van der Waals surface area contributed by atoms with Crippen molar-refractivity contribution < 1.29 is 4.52 Å². The second kappa shape index (κ2) is 6.15. The smallest absolute Gasteiger partial charge is 0.226 e. The fourth-order valence-corrected chi connectivity index (χ4v) is 3.19. The summed E-state index contributed by atoms with van der Waals surface area (Å²) in [6.07, 6.45) is 3.33. The van der Waals surface area contributed by atoms with Gasteiger partial charge >= 0.3 is 0 Å². The molecule has 0 saturated heterocycles. The molecule has 0 amide bonds. The van der Waals surface area contributed by atoms with Crippen LogP contribution in [0, 0.1) is 0 Å². The van der Waals surface area contributed by atoms with Crippen molar-refractivity contribution in [3.05, 3.63) is 45.2 Å². The molecule has 0 aliphatic carbocycles. The molecule has 3 rings (SSSR count). The van der Waals surface area contributed by atoms with E-state index in [1.165, 1.54) is 16.2 Å². The second-order valence-corrected chi connectivity index (χ2v) is 6.31. The maximum absolute atomic E-state index is 5.60. The molecule has 2 N–H and O–H groups in total. The molecular formula is C13H14N4OS2. The molecule has 0 spiro atoms. The van der Waals surface area contributed by atoms with Crippen LogP contribution in [-0.4, -0.2) is 15.1 Å². The fraction of sp³-hybridized carbons (Fsp3) is 0.308. The number of nitrogen functional groups attached to an aromatic ring is 1. The standard InChI is InChI=1S/C13H14N4OS2/c14-13-15-9(8-20-13)3-1-5-12-16-11(17-18-12)7-10-4-2-6-19-10/h2,4,6,8H,1,3,5,7H2,(H2,14,15). The van der Waals surface area contributed by atoms with Gasteiger partial charge in [0, 0.05) is 23.1 Å². The van der Waals surface area contributed by atoms with Crippen LogP contribution >= 0.6 is 22.7 Å². The zero-order valence-electron chi connectivity index (χ0n) is 10.8.